The van der Waals surface area contributed by atoms with Crippen LogP contribution in [0.25, 0.3) is 16.7 Å². The molecule has 0 aliphatic rings. The number of imidazole rings is 1. The van der Waals surface area contributed by atoms with Crippen LogP contribution in [0.1, 0.15) is 25.5 Å². The third kappa shape index (κ3) is 2.67. The van der Waals surface area contributed by atoms with Crippen LogP contribution in [-0.2, 0) is 0 Å². The predicted octanol–water partition coefficient (Wildman–Crippen LogP) is 4.35. The molecule has 1 unspecified atom stereocenters. The molecule has 0 amide bonds. The topological polar surface area (TPSA) is 29.9 Å². The minimum Gasteiger partial charge on any atom is -0.310 e. The molecule has 3 aromatic rings. The number of aromatic nitrogens is 2. The van der Waals surface area contributed by atoms with Crippen molar-refractivity contribution in [2.45, 2.75) is 19.9 Å². The van der Waals surface area contributed by atoms with E-state index in [-0.39, 0.29) is 0 Å². The van der Waals surface area contributed by atoms with Crippen molar-refractivity contribution < 1.29 is 0 Å². The molecule has 4 heteroatoms. The number of para-hydroxylation sites is 2. The summed E-state index contributed by atoms with van der Waals surface area (Å²) in [6, 6.07) is 14.5. The van der Waals surface area contributed by atoms with Gasteiger partial charge in [-0.05, 0) is 43.3 Å². The molecule has 0 saturated heterocycles. The molecule has 0 spiro atoms. The molecule has 1 N–H and O–H groups in total. The zero-order valence-corrected chi connectivity index (χ0v) is 12.9. The number of hydrogen-bond donors (Lipinski definition) is 1. The summed E-state index contributed by atoms with van der Waals surface area (Å²) in [6.45, 7) is 5.18. The Hall–Kier alpha value is -1.84. The number of hydrogen-bond acceptors (Lipinski definition) is 2. The molecule has 1 atom stereocenters. The fraction of sp³-hybridized carbons (Fsp3) is 0.235. The summed E-state index contributed by atoms with van der Waals surface area (Å²) in [5, 5.41) is 4.13. The zero-order chi connectivity index (χ0) is 14.8. The number of rotatable bonds is 4. The molecule has 0 fully saturated rings. The lowest BCUT2D eigenvalue weighted by Crippen LogP contribution is -2.17. The molecule has 0 aliphatic heterocycles. The van der Waals surface area contributed by atoms with Crippen LogP contribution in [0.5, 0.6) is 0 Å². The summed E-state index contributed by atoms with van der Waals surface area (Å²) >= 11 is 6.49. The molecule has 0 aliphatic carbocycles. The van der Waals surface area contributed by atoms with Crippen molar-refractivity contribution in [1.29, 1.82) is 0 Å². The van der Waals surface area contributed by atoms with Gasteiger partial charge in [0.25, 0.3) is 0 Å². The third-order valence-electron chi connectivity index (χ3n) is 3.70. The number of halogens is 1. The monoisotopic (exact) mass is 299 g/mol. The van der Waals surface area contributed by atoms with Crippen molar-refractivity contribution in [2.24, 2.45) is 0 Å². The number of fused-ring (bicyclic) bond motifs is 1. The largest absolute Gasteiger partial charge is 0.310 e. The molecule has 1 heterocycles. The Morgan fingerprint density at radius 1 is 1.24 bits per heavy atom. The van der Waals surface area contributed by atoms with E-state index >= 15 is 0 Å². The van der Waals surface area contributed by atoms with Crippen LogP contribution in [0, 0.1) is 0 Å². The molecule has 0 radical (unpaired) electrons. The summed E-state index contributed by atoms with van der Waals surface area (Å²) in [5.74, 6) is 0. The summed E-state index contributed by atoms with van der Waals surface area (Å²) in [6.07, 6.45) is 1.82. The van der Waals surface area contributed by atoms with Gasteiger partial charge in [0, 0.05) is 6.04 Å². The van der Waals surface area contributed by atoms with Crippen molar-refractivity contribution in [1.82, 2.24) is 14.9 Å². The van der Waals surface area contributed by atoms with E-state index in [9.17, 15) is 0 Å². The first-order chi connectivity index (χ1) is 10.2. The SMILES string of the molecule is CCNC(C)c1ccc(-n2cnc3ccccc32)c(Cl)c1. The van der Waals surface area contributed by atoms with Gasteiger partial charge in [-0.15, -0.1) is 0 Å². The van der Waals surface area contributed by atoms with Crippen molar-refractivity contribution in [3.63, 3.8) is 0 Å². The molecular formula is C17H18ClN3. The van der Waals surface area contributed by atoms with Crippen LogP contribution in [0.4, 0.5) is 0 Å². The van der Waals surface area contributed by atoms with Gasteiger partial charge in [0.1, 0.15) is 6.33 Å². The van der Waals surface area contributed by atoms with Gasteiger partial charge in [0.05, 0.1) is 21.7 Å². The fourth-order valence-corrected chi connectivity index (χ4v) is 2.84. The molecule has 0 saturated carbocycles. The predicted molar refractivity (Wildman–Crippen MR) is 88.2 cm³/mol. The Bertz CT molecular complexity index is 764. The molecule has 3 nitrogen and oxygen atoms in total. The first-order valence-corrected chi connectivity index (χ1v) is 7.53. The molecule has 21 heavy (non-hydrogen) atoms. The lowest BCUT2D eigenvalue weighted by molar-refractivity contribution is 0.598. The molecule has 1 aromatic heterocycles. The van der Waals surface area contributed by atoms with Gasteiger partial charge in [-0.2, -0.15) is 0 Å². The van der Waals surface area contributed by atoms with Gasteiger partial charge in [-0.1, -0.05) is 36.7 Å². The minimum absolute atomic E-state index is 0.293. The van der Waals surface area contributed by atoms with Crippen LogP contribution >= 0.6 is 11.6 Å². The van der Waals surface area contributed by atoms with Gasteiger partial charge in [0.15, 0.2) is 0 Å². The van der Waals surface area contributed by atoms with Gasteiger partial charge >= 0.3 is 0 Å². The van der Waals surface area contributed by atoms with Crippen LogP contribution in [0.3, 0.4) is 0 Å². The average molecular weight is 300 g/mol. The van der Waals surface area contributed by atoms with E-state index in [4.69, 9.17) is 11.6 Å². The smallest absolute Gasteiger partial charge is 0.100 e. The summed E-state index contributed by atoms with van der Waals surface area (Å²) in [4.78, 5) is 4.42. The van der Waals surface area contributed by atoms with Crippen LogP contribution in [-0.4, -0.2) is 16.1 Å². The van der Waals surface area contributed by atoms with Crippen LogP contribution < -0.4 is 5.32 Å². The molecule has 108 valence electrons. The van der Waals surface area contributed by atoms with Crippen LogP contribution in [0.2, 0.25) is 5.02 Å². The maximum atomic E-state index is 6.49. The first kappa shape index (κ1) is 14.1. The van der Waals surface area contributed by atoms with E-state index in [1.165, 1.54) is 5.56 Å². The lowest BCUT2D eigenvalue weighted by Gasteiger charge is -2.15. The van der Waals surface area contributed by atoms with Crippen LogP contribution in [0.15, 0.2) is 48.8 Å². The van der Waals surface area contributed by atoms with Gasteiger partial charge < -0.3 is 5.32 Å². The van der Waals surface area contributed by atoms with E-state index in [2.05, 4.69) is 36.3 Å². The number of nitrogens with zero attached hydrogens (tertiary/aromatic N) is 2. The second-order valence-corrected chi connectivity index (χ2v) is 5.50. The van der Waals surface area contributed by atoms with E-state index in [0.29, 0.717) is 6.04 Å². The zero-order valence-electron chi connectivity index (χ0n) is 12.2. The Morgan fingerprint density at radius 3 is 2.81 bits per heavy atom. The molecule has 2 aromatic carbocycles. The van der Waals surface area contributed by atoms with Gasteiger partial charge in [0.2, 0.25) is 0 Å². The number of benzene rings is 2. The lowest BCUT2D eigenvalue weighted by atomic mass is 10.1. The van der Waals surface area contributed by atoms with Gasteiger partial charge in [-0.3, -0.25) is 4.57 Å². The Balaban J connectivity index is 2.03. The summed E-state index contributed by atoms with van der Waals surface area (Å²) < 4.78 is 2.03. The van der Waals surface area contributed by atoms with Crippen molar-refractivity contribution in [3.05, 3.63) is 59.4 Å². The highest BCUT2D eigenvalue weighted by atomic mass is 35.5. The van der Waals surface area contributed by atoms with E-state index in [1.807, 2.05) is 41.2 Å². The highest BCUT2D eigenvalue weighted by Crippen LogP contribution is 2.27. The molecular weight excluding hydrogens is 282 g/mol. The van der Waals surface area contributed by atoms with Crippen molar-refractivity contribution in [2.75, 3.05) is 6.54 Å². The Morgan fingerprint density at radius 2 is 2.05 bits per heavy atom. The maximum Gasteiger partial charge on any atom is 0.100 e. The maximum absolute atomic E-state index is 6.49. The normalized spacial score (nSPS) is 12.7. The quantitative estimate of drug-likeness (QED) is 0.776. The third-order valence-corrected chi connectivity index (χ3v) is 4.00. The average Bonchev–Trinajstić information content (AvgIpc) is 2.91. The van der Waals surface area contributed by atoms with E-state index in [1.54, 1.807) is 0 Å². The van der Waals surface area contributed by atoms with Gasteiger partial charge in [-0.25, -0.2) is 4.98 Å². The Kier molecular flexibility index (Phi) is 3.95. The highest BCUT2D eigenvalue weighted by Gasteiger charge is 2.10. The second kappa shape index (κ2) is 5.88. The minimum atomic E-state index is 0.293. The Labute approximate surface area is 129 Å². The summed E-state index contributed by atoms with van der Waals surface area (Å²) in [7, 11) is 0. The van der Waals surface area contributed by atoms with E-state index < -0.39 is 0 Å². The van der Waals surface area contributed by atoms with Crippen molar-refractivity contribution >= 4 is 22.6 Å². The summed E-state index contributed by atoms with van der Waals surface area (Å²) in [5.41, 5.74) is 4.18. The molecule has 0 bridgehead atoms. The first-order valence-electron chi connectivity index (χ1n) is 7.16. The fourth-order valence-electron chi connectivity index (χ4n) is 2.56. The second-order valence-electron chi connectivity index (χ2n) is 5.09. The number of nitrogens with one attached hydrogen (secondary N) is 1. The van der Waals surface area contributed by atoms with E-state index in [0.717, 1.165) is 28.3 Å². The highest BCUT2D eigenvalue weighted by molar-refractivity contribution is 6.32. The standard InChI is InChI=1S/C17H18ClN3/c1-3-19-12(2)13-8-9-16(14(18)10-13)21-11-20-15-6-4-5-7-17(15)21/h4-12,19H,3H2,1-2H3. The van der Waals surface area contributed by atoms with Crippen molar-refractivity contribution in [3.8, 4) is 5.69 Å². The molecule has 3 rings (SSSR count).